The quantitative estimate of drug-likeness (QED) is 0.164. The smallest absolute Gasteiger partial charge is 0.193 e. The Kier molecular flexibility index (Phi) is 6.69. The number of rotatable bonds is 6. The van der Waals surface area contributed by atoms with Crippen LogP contribution in [0.1, 0.15) is 15.9 Å². The minimum absolute atomic E-state index is 0.0448. The van der Waals surface area contributed by atoms with E-state index in [1.165, 1.54) is 0 Å². The summed E-state index contributed by atoms with van der Waals surface area (Å²) < 4.78 is 13.9. The summed E-state index contributed by atoms with van der Waals surface area (Å²) in [6.45, 7) is 0. The van der Waals surface area contributed by atoms with E-state index >= 15 is 0 Å². The van der Waals surface area contributed by atoms with Gasteiger partial charge in [-0.3, -0.25) is 4.79 Å². The molecule has 0 atom stereocenters. The van der Waals surface area contributed by atoms with Gasteiger partial charge in [0.25, 0.3) is 0 Å². The molecule has 5 heteroatoms. The molecule has 148 valence electrons. The van der Waals surface area contributed by atoms with E-state index in [9.17, 15) is 4.79 Å². The van der Waals surface area contributed by atoms with Crippen molar-refractivity contribution in [3.8, 4) is 23.0 Å². The molecule has 0 N–H and O–H groups in total. The molecule has 0 unspecified atom stereocenters. The van der Waals surface area contributed by atoms with Crippen LogP contribution in [0.15, 0.2) is 97.1 Å². The maximum Gasteiger partial charge on any atom is 0.193 e. The van der Waals surface area contributed by atoms with Crippen molar-refractivity contribution in [3.63, 3.8) is 0 Å². The second-order valence-electron chi connectivity index (χ2n) is 6.50. The van der Waals surface area contributed by atoms with Gasteiger partial charge in [-0.05, 0) is 130 Å². The van der Waals surface area contributed by atoms with Crippen molar-refractivity contribution >= 4 is 51.0 Å². The van der Waals surface area contributed by atoms with Crippen molar-refractivity contribution < 1.29 is 14.3 Å². The molecule has 0 saturated heterocycles. The lowest BCUT2D eigenvalue weighted by molar-refractivity contribution is 0.103. The molecule has 4 aromatic rings. The molecule has 4 rings (SSSR count). The summed E-state index contributed by atoms with van der Waals surface area (Å²) in [6, 6.07) is 30.0. The summed E-state index contributed by atoms with van der Waals surface area (Å²) in [5.74, 6) is 2.87. The van der Waals surface area contributed by atoms with E-state index in [1.807, 2.05) is 72.8 Å². The Bertz CT molecular complexity index is 1080. The average molecular weight is 618 g/mol. The minimum atomic E-state index is -0.0448. The number of carbonyl (C=O) groups excluding carboxylic acids is 1. The van der Waals surface area contributed by atoms with Crippen LogP contribution in [0.4, 0.5) is 0 Å². The van der Waals surface area contributed by atoms with Gasteiger partial charge >= 0.3 is 0 Å². The SMILES string of the molecule is O=C(c1ccc(Oc2cccc(I)c2)cc1)c1ccc(Oc2cccc(I)c2)cc1. The van der Waals surface area contributed by atoms with Crippen LogP contribution in [-0.4, -0.2) is 5.78 Å². The van der Waals surface area contributed by atoms with Gasteiger partial charge in [-0.15, -0.1) is 0 Å². The maximum atomic E-state index is 12.8. The molecule has 0 spiro atoms. The zero-order chi connectivity index (χ0) is 20.9. The van der Waals surface area contributed by atoms with Crippen LogP contribution in [-0.2, 0) is 0 Å². The molecule has 0 heterocycles. The van der Waals surface area contributed by atoms with Gasteiger partial charge in [0.1, 0.15) is 23.0 Å². The van der Waals surface area contributed by atoms with Crippen LogP contribution in [0.5, 0.6) is 23.0 Å². The highest BCUT2D eigenvalue weighted by Gasteiger charge is 2.10. The lowest BCUT2D eigenvalue weighted by atomic mass is 10.0. The first kappa shape index (κ1) is 20.9. The van der Waals surface area contributed by atoms with Crippen LogP contribution in [0.25, 0.3) is 0 Å². The lowest BCUT2D eigenvalue weighted by Gasteiger charge is -2.08. The third kappa shape index (κ3) is 5.40. The van der Waals surface area contributed by atoms with Crippen molar-refractivity contribution in [2.45, 2.75) is 0 Å². The lowest BCUT2D eigenvalue weighted by Crippen LogP contribution is -2.01. The molecule has 0 aliphatic rings. The van der Waals surface area contributed by atoms with Crippen molar-refractivity contribution in [3.05, 3.63) is 115 Å². The van der Waals surface area contributed by atoms with Gasteiger partial charge in [-0.1, -0.05) is 12.1 Å². The summed E-state index contributed by atoms with van der Waals surface area (Å²) >= 11 is 4.49. The molecule has 3 nitrogen and oxygen atoms in total. The highest BCUT2D eigenvalue weighted by Crippen LogP contribution is 2.26. The van der Waals surface area contributed by atoms with Crippen LogP contribution in [0.2, 0.25) is 0 Å². The van der Waals surface area contributed by atoms with E-state index in [-0.39, 0.29) is 5.78 Å². The molecule has 0 bridgehead atoms. The van der Waals surface area contributed by atoms with Gasteiger partial charge < -0.3 is 9.47 Å². The second-order valence-corrected chi connectivity index (χ2v) is 8.99. The Morgan fingerprint density at radius 2 is 0.933 bits per heavy atom. The predicted octanol–water partition coefficient (Wildman–Crippen LogP) is 7.71. The van der Waals surface area contributed by atoms with E-state index in [4.69, 9.17) is 9.47 Å². The normalized spacial score (nSPS) is 10.5. The van der Waals surface area contributed by atoms with Gasteiger partial charge in [-0.2, -0.15) is 0 Å². The summed E-state index contributed by atoms with van der Waals surface area (Å²) in [5.41, 5.74) is 1.22. The molecule has 30 heavy (non-hydrogen) atoms. The first-order chi connectivity index (χ1) is 14.6. The average Bonchev–Trinajstić information content (AvgIpc) is 2.74. The number of hydrogen-bond acceptors (Lipinski definition) is 3. The first-order valence-corrected chi connectivity index (χ1v) is 11.3. The Labute approximate surface area is 202 Å². The van der Waals surface area contributed by atoms with Gasteiger partial charge in [0.05, 0.1) is 0 Å². The van der Waals surface area contributed by atoms with Crippen molar-refractivity contribution in [1.29, 1.82) is 0 Å². The largest absolute Gasteiger partial charge is 0.457 e. The summed E-state index contributed by atoms with van der Waals surface area (Å²) in [5, 5.41) is 0. The minimum Gasteiger partial charge on any atom is -0.457 e. The van der Waals surface area contributed by atoms with Crippen LogP contribution < -0.4 is 9.47 Å². The third-order valence-electron chi connectivity index (χ3n) is 4.30. The Morgan fingerprint density at radius 3 is 1.30 bits per heavy atom. The molecular formula is C25H16I2O3. The predicted molar refractivity (Wildman–Crippen MR) is 135 cm³/mol. The van der Waals surface area contributed by atoms with Crippen molar-refractivity contribution in [2.24, 2.45) is 0 Å². The van der Waals surface area contributed by atoms with Crippen LogP contribution >= 0.6 is 45.2 Å². The summed E-state index contributed by atoms with van der Waals surface area (Å²) in [6.07, 6.45) is 0. The third-order valence-corrected chi connectivity index (χ3v) is 5.64. The number of ether oxygens (including phenoxy) is 2. The fourth-order valence-corrected chi connectivity index (χ4v) is 3.88. The molecule has 0 aliphatic heterocycles. The molecular weight excluding hydrogens is 602 g/mol. The summed E-state index contributed by atoms with van der Waals surface area (Å²) in [4.78, 5) is 12.8. The van der Waals surface area contributed by atoms with Crippen LogP contribution in [0.3, 0.4) is 0 Å². The molecule has 0 fully saturated rings. The molecule has 4 aromatic carbocycles. The molecule has 0 radical (unpaired) electrons. The number of carbonyl (C=O) groups is 1. The van der Waals surface area contributed by atoms with Gasteiger partial charge in [0.2, 0.25) is 0 Å². The molecule has 0 saturated carbocycles. The van der Waals surface area contributed by atoms with E-state index in [2.05, 4.69) is 45.2 Å². The Balaban J connectivity index is 1.43. The zero-order valence-corrected chi connectivity index (χ0v) is 20.0. The van der Waals surface area contributed by atoms with E-state index in [0.29, 0.717) is 22.6 Å². The number of halogens is 2. The maximum absolute atomic E-state index is 12.8. The van der Waals surface area contributed by atoms with Crippen molar-refractivity contribution in [1.82, 2.24) is 0 Å². The highest BCUT2D eigenvalue weighted by molar-refractivity contribution is 14.1. The van der Waals surface area contributed by atoms with E-state index < -0.39 is 0 Å². The second kappa shape index (κ2) is 9.61. The Hall–Kier alpha value is -2.39. The van der Waals surface area contributed by atoms with Gasteiger partial charge in [0.15, 0.2) is 5.78 Å². The number of ketones is 1. The van der Waals surface area contributed by atoms with E-state index in [0.717, 1.165) is 18.6 Å². The van der Waals surface area contributed by atoms with E-state index in [1.54, 1.807) is 24.3 Å². The topological polar surface area (TPSA) is 35.5 Å². The molecule has 0 amide bonds. The standard InChI is InChI=1S/C25H16I2O3/c26-19-3-1-5-23(15-19)29-21-11-7-17(8-12-21)25(28)18-9-13-22(14-10-18)30-24-6-2-4-20(27)16-24/h1-16H. The first-order valence-electron chi connectivity index (χ1n) is 9.18. The van der Waals surface area contributed by atoms with Gasteiger partial charge in [-0.25, -0.2) is 0 Å². The summed E-state index contributed by atoms with van der Waals surface area (Å²) in [7, 11) is 0. The van der Waals surface area contributed by atoms with Crippen LogP contribution in [0, 0.1) is 7.14 Å². The monoisotopic (exact) mass is 618 g/mol. The molecule has 0 aliphatic carbocycles. The molecule has 0 aromatic heterocycles. The number of benzene rings is 4. The Morgan fingerprint density at radius 1 is 0.533 bits per heavy atom. The highest BCUT2D eigenvalue weighted by atomic mass is 127. The van der Waals surface area contributed by atoms with Crippen molar-refractivity contribution in [2.75, 3.05) is 0 Å². The van der Waals surface area contributed by atoms with Gasteiger partial charge in [0, 0.05) is 18.3 Å². The zero-order valence-electron chi connectivity index (χ0n) is 15.7. The number of hydrogen-bond donors (Lipinski definition) is 0. The fourth-order valence-electron chi connectivity index (χ4n) is 2.85. The fraction of sp³-hybridized carbons (Fsp3) is 0.